The molecule has 8 heterocycles. The number of hydrogen-bond acceptors (Lipinski definition) is 12. The Hall–Kier alpha value is -10.7. The van der Waals surface area contributed by atoms with Crippen LogP contribution in [-0.4, -0.2) is 59.8 Å². The maximum atomic E-state index is 14.1. The molecule has 129 heavy (non-hydrogen) atoms. The van der Waals surface area contributed by atoms with Gasteiger partial charge in [0, 0.05) is 188 Å². The van der Waals surface area contributed by atoms with Crippen LogP contribution >= 0.6 is 22.7 Å². The molecular weight excluding hydrogens is 2530 g/mol. The zero-order chi connectivity index (χ0) is 87.6. The average Bonchev–Trinajstić information content (AvgIpc) is 1.63. The summed E-state index contributed by atoms with van der Waals surface area (Å²) in [5, 5.41) is 26.2. The van der Waals surface area contributed by atoms with E-state index in [0.29, 0.717) is 22.7 Å². The standard InChI is InChI=1S/C26H25N2.C20H18N3S.C18H16FN2.C17H14NO2.C16H12NS.C11H12O2.5Ir/c1-17-11-12-19(3)23(15-17)24-16-28(25-20(4)13-18(2)14-21(25)5)26(27-24)22-9-7-6-8-10-22;1-20(2,3)23-12-11-16(22-23)14-7-6-8-15(13-14)19-21-17-9-4-5-10-18(17)24-19;1-3-21-13(2)7-10-18(21)14-8-9-16(19)15(12-14)17-6-4-5-11-20-17;1-12-7-8-14(10-19)15(9-12)16-11-20-17(18-16)13-5-3-2-4-6-13;1-12-6-2-3-7-14(12)13-10-16(18-11-13)15-8-4-5-9-17-15;1-8-5-3-4-6-10(8)11(13)7-9(2)12;;;;;/h6-9,11-16H,1-5H3;4-12H,1-3H3;4-11H,3H2,1-2H3;2-5,7-9,11,19H,10H2,1H3;2-9,11H,1H3;3-7,12H,1-2H3;;;;;/q5*-1;;;;;;. The number of hydrogen-bond donors (Lipinski definition) is 2. The largest absolute Gasteiger partial charge is 0.512 e. The SMILES string of the molecule is CC(C)(C)n1ccc(-c2[c-]c(-c3nc4ccccc4s3)ccc2)n1.CC(O)=CC(=O)c1ccccc1C.CCn1c(C)ccc1-c1[c-]c(-c2ccccn2)c(F)cc1.Cc1cc(C)c(-n2cc(-c3cc(C)ccc3C)nc2-c2[c-]cccc2)c(C)c1.Cc1ccc(CO)c(-c2coc(-c3[c-]cccc3)n2)c1.Cc1ccccc1-c1[c-]c(-c2ccccn2)sc1.[Ir].[Ir].[Ir].[Ir].[Ir]. The van der Waals surface area contributed by atoms with Crippen molar-refractivity contribution in [3.63, 3.8) is 0 Å². The normalized spacial score (nSPS) is 10.7. The van der Waals surface area contributed by atoms with Gasteiger partial charge in [-0.1, -0.05) is 195 Å². The number of benzene rings is 10. The molecule has 0 aliphatic carbocycles. The third kappa shape index (κ3) is 26.8. The molecule has 10 aromatic carbocycles. The zero-order valence-electron chi connectivity index (χ0n) is 73.8. The average molecular weight is 2630 g/mol. The Kier molecular flexibility index (Phi) is 39.3. The van der Waals surface area contributed by atoms with Crippen LogP contribution < -0.4 is 0 Å². The van der Waals surface area contributed by atoms with Crippen molar-refractivity contribution in [2.45, 2.75) is 116 Å². The number of carbonyl (C=O) groups is 1. The summed E-state index contributed by atoms with van der Waals surface area (Å²) in [4.78, 5) is 35.4. The van der Waals surface area contributed by atoms with Gasteiger partial charge in [0.2, 0.25) is 0 Å². The molecule has 0 aliphatic rings. The third-order valence-electron chi connectivity index (χ3n) is 20.5. The van der Waals surface area contributed by atoms with E-state index in [1.54, 1.807) is 59.4 Å². The Balaban J connectivity index is 0.000000192. The predicted molar refractivity (Wildman–Crippen MR) is 505 cm³/mol. The van der Waals surface area contributed by atoms with Crippen LogP contribution in [0.5, 0.6) is 0 Å². The van der Waals surface area contributed by atoms with Crippen molar-refractivity contribution in [2.24, 2.45) is 0 Å². The van der Waals surface area contributed by atoms with E-state index in [0.717, 1.165) is 112 Å². The number of nitrogens with zero attached hydrogens (tertiary/aromatic N) is 9. The molecule has 0 saturated heterocycles. The number of rotatable bonds is 15. The molecule has 0 aliphatic heterocycles. The molecule has 0 spiro atoms. The van der Waals surface area contributed by atoms with E-state index in [1.807, 2.05) is 177 Å². The summed E-state index contributed by atoms with van der Waals surface area (Å²) < 4.78 is 27.2. The van der Waals surface area contributed by atoms with E-state index in [1.165, 1.54) is 79.7 Å². The Labute approximate surface area is 832 Å². The third-order valence-corrected chi connectivity index (χ3v) is 22.4. The van der Waals surface area contributed by atoms with E-state index < -0.39 is 0 Å². The van der Waals surface area contributed by atoms with Crippen LogP contribution in [0.15, 0.2) is 307 Å². The molecule has 0 atom stereocenters. The van der Waals surface area contributed by atoms with E-state index in [9.17, 15) is 14.3 Å². The smallest absolute Gasteiger partial charge is 0.189 e. The first-order valence-corrected chi connectivity index (χ1v) is 42.6. The first-order chi connectivity index (χ1) is 59.9. The molecule has 0 bridgehead atoms. The number of fused-ring (bicyclic) bond motifs is 1. The molecule has 0 amide bonds. The Morgan fingerprint density at radius 2 is 1.15 bits per heavy atom. The molecule has 5 radical (unpaired) electrons. The van der Waals surface area contributed by atoms with Crippen molar-refractivity contribution < 1.29 is 124 Å². The number of oxazole rings is 1. The van der Waals surface area contributed by atoms with Crippen molar-refractivity contribution in [2.75, 3.05) is 0 Å². The number of allylic oxidation sites excluding steroid dienone is 2. The van der Waals surface area contributed by atoms with Gasteiger partial charge in [0.15, 0.2) is 5.78 Å². The zero-order valence-corrected chi connectivity index (χ0v) is 87.4. The molecule has 0 saturated carbocycles. The maximum Gasteiger partial charge on any atom is 0.189 e. The molecule has 13 nitrogen and oxygen atoms in total. The van der Waals surface area contributed by atoms with Gasteiger partial charge in [0.25, 0.3) is 0 Å². The topological polar surface area (TPSA) is 163 Å². The molecule has 667 valence electrons. The van der Waals surface area contributed by atoms with Crippen LogP contribution in [0.2, 0.25) is 0 Å². The van der Waals surface area contributed by atoms with Crippen molar-refractivity contribution in [1.82, 2.24) is 43.8 Å². The van der Waals surface area contributed by atoms with Crippen molar-refractivity contribution in [3.05, 3.63) is 401 Å². The van der Waals surface area contributed by atoms with E-state index in [2.05, 4.69) is 221 Å². The van der Waals surface area contributed by atoms with Crippen LogP contribution in [0.4, 0.5) is 4.39 Å². The Bertz CT molecular complexity index is 6660. The number of aryl methyl sites for hydroxylation is 9. The second-order valence-corrected chi connectivity index (χ2v) is 33.0. The number of thiophene rings is 1. The second-order valence-electron chi connectivity index (χ2n) is 31.1. The number of para-hydroxylation sites is 1. The number of halogens is 1. The molecule has 2 N–H and O–H groups in total. The summed E-state index contributed by atoms with van der Waals surface area (Å²) in [5.74, 6) is 1.03. The van der Waals surface area contributed by atoms with Crippen LogP contribution in [0, 0.1) is 98.5 Å². The molecule has 18 aromatic rings. The Morgan fingerprint density at radius 3 is 1.78 bits per heavy atom. The van der Waals surface area contributed by atoms with Gasteiger partial charge < -0.3 is 28.7 Å². The summed E-state index contributed by atoms with van der Waals surface area (Å²) in [6.45, 7) is 29.7. The summed E-state index contributed by atoms with van der Waals surface area (Å²) in [7, 11) is 0. The van der Waals surface area contributed by atoms with E-state index in [4.69, 9.17) is 24.6 Å². The quantitative estimate of drug-likeness (QED) is 0.0437. The minimum Gasteiger partial charge on any atom is -0.512 e. The fourth-order valence-electron chi connectivity index (χ4n) is 14.2. The van der Waals surface area contributed by atoms with Gasteiger partial charge in [0.1, 0.15) is 12.2 Å². The van der Waals surface area contributed by atoms with Crippen LogP contribution in [-0.2, 0) is 119 Å². The number of aliphatic hydroxyl groups is 2. The summed E-state index contributed by atoms with van der Waals surface area (Å²) in [6.07, 6.45) is 10.5. The number of aromatic nitrogens is 9. The summed E-state index contributed by atoms with van der Waals surface area (Å²) >= 11 is 3.38. The van der Waals surface area contributed by atoms with Gasteiger partial charge in [-0.25, -0.2) is 16.4 Å². The molecule has 18 rings (SSSR count). The van der Waals surface area contributed by atoms with Gasteiger partial charge in [-0.15, -0.1) is 120 Å². The number of ketones is 1. The minimum absolute atomic E-state index is 0. The molecule has 0 fully saturated rings. The number of pyridine rings is 2. The first-order valence-electron chi connectivity index (χ1n) is 40.9. The fraction of sp³-hybridized carbons (Fsp3) is 0.157. The number of aliphatic hydroxyl groups excluding tert-OH is 2. The van der Waals surface area contributed by atoms with Crippen molar-refractivity contribution >= 4 is 38.7 Å². The van der Waals surface area contributed by atoms with E-state index >= 15 is 0 Å². The minimum atomic E-state index is -0.302. The first kappa shape index (κ1) is 104. The van der Waals surface area contributed by atoms with Crippen LogP contribution in [0.25, 0.3) is 127 Å². The summed E-state index contributed by atoms with van der Waals surface area (Å²) in [6, 6.07) is 99.9. The summed E-state index contributed by atoms with van der Waals surface area (Å²) in [5.41, 5.74) is 29.3. The van der Waals surface area contributed by atoms with Crippen LogP contribution in [0.3, 0.4) is 0 Å². The van der Waals surface area contributed by atoms with Crippen molar-refractivity contribution in [3.8, 4) is 117 Å². The monoisotopic (exact) mass is 2630 g/mol. The number of carbonyl (C=O) groups excluding carboxylic acids is 1. The number of thiazole rings is 1. The van der Waals surface area contributed by atoms with E-state index in [-0.39, 0.29) is 130 Å². The maximum absolute atomic E-state index is 14.1. The van der Waals surface area contributed by atoms with Gasteiger partial charge >= 0.3 is 0 Å². The molecule has 21 heteroatoms. The molecule has 8 aromatic heterocycles. The van der Waals surface area contributed by atoms with Crippen molar-refractivity contribution in [1.29, 1.82) is 0 Å². The fourth-order valence-corrected chi connectivity index (χ4v) is 16.0. The number of imidazole rings is 1. The second kappa shape index (κ2) is 48.8. The molecular formula is C108H97FIr5N9O4S2-5. The van der Waals surface area contributed by atoms with Crippen LogP contribution in [0.1, 0.15) is 101 Å². The van der Waals surface area contributed by atoms with Gasteiger partial charge in [-0.05, 0) is 178 Å². The van der Waals surface area contributed by atoms with Gasteiger partial charge in [0.05, 0.1) is 51.5 Å². The van der Waals surface area contributed by atoms with Gasteiger partial charge in [-0.2, -0.15) is 11.3 Å². The molecule has 0 unspecified atom stereocenters. The Morgan fingerprint density at radius 1 is 0.527 bits per heavy atom. The predicted octanol–water partition coefficient (Wildman–Crippen LogP) is 27.2. The van der Waals surface area contributed by atoms with Gasteiger partial charge in [-0.3, -0.25) is 33.8 Å².